The fraction of sp³-hybridized carbons (Fsp3) is 0.474. The Bertz CT molecular complexity index is 792. The first-order valence-corrected chi connectivity index (χ1v) is 9.21. The van der Waals surface area contributed by atoms with Crippen molar-refractivity contribution in [2.75, 3.05) is 11.9 Å². The van der Waals surface area contributed by atoms with Crippen molar-refractivity contribution in [2.24, 2.45) is 0 Å². The van der Waals surface area contributed by atoms with Crippen LogP contribution in [0.3, 0.4) is 0 Å². The van der Waals surface area contributed by atoms with Crippen molar-refractivity contribution in [3.63, 3.8) is 0 Å². The highest BCUT2D eigenvalue weighted by molar-refractivity contribution is 6.06. The fourth-order valence-corrected chi connectivity index (χ4v) is 3.70. The molecule has 3 rings (SSSR count). The van der Waals surface area contributed by atoms with Gasteiger partial charge in [-0.05, 0) is 25.0 Å². The van der Waals surface area contributed by atoms with Gasteiger partial charge in [0, 0.05) is 36.3 Å². The van der Waals surface area contributed by atoms with Crippen molar-refractivity contribution in [1.82, 2.24) is 9.80 Å². The van der Waals surface area contributed by atoms with Crippen LogP contribution in [0.15, 0.2) is 18.2 Å². The number of carbonyl (C=O) groups excluding carboxylic acids is 3. The molecule has 1 saturated heterocycles. The van der Waals surface area contributed by atoms with Crippen molar-refractivity contribution in [3.05, 3.63) is 29.3 Å². The van der Waals surface area contributed by atoms with Crippen LogP contribution in [-0.2, 0) is 16.1 Å². The fourth-order valence-electron chi connectivity index (χ4n) is 3.70. The van der Waals surface area contributed by atoms with Crippen molar-refractivity contribution in [3.8, 4) is 0 Å². The van der Waals surface area contributed by atoms with E-state index in [4.69, 9.17) is 5.11 Å². The molecule has 0 radical (unpaired) electrons. The molecule has 0 spiro atoms. The van der Waals surface area contributed by atoms with E-state index >= 15 is 0 Å². The van der Waals surface area contributed by atoms with Crippen molar-refractivity contribution < 1.29 is 24.3 Å². The number of rotatable bonds is 6. The third-order valence-electron chi connectivity index (χ3n) is 5.08. The van der Waals surface area contributed by atoms with E-state index in [2.05, 4.69) is 5.32 Å². The number of carbonyl (C=O) groups is 4. The maximum Gasteiger partial charge on any atom is 0.409 e. The van der Waals surface area contributed by atoms with Gasteiger partial charge in [-0.3, -0.25) is 24.6 Å². The van der Waals surface area contributed by atoms with Gasteiger partial charge in [0.05, 0.1) is 0 Å². The highest BCUT2D eigenvalue weighted by Gasteiger charge is 2.43. The monoisotopic (exact) mass is 373 g/mol. The lowest BCUT2D eigenvalue weighted by Gasteiger charge is -2.35. The first-order valence-electron chi connectivity index (χ1n) is 9.21. The summed E-state index contributed by atoms with van der Waals surface area (Å²) in [4.78, 5) is 51.6. The molecule has 0 aliphatic carbocycles. The van der Waals surface area contributed by atoms with Gasteiger partial charge in [-0.15, -0.1) is 0 Å². The van der Waals surface area contributed by atoms with Gasteiger partial charge in [0.2, 0.25) is 5.91 Å². The minimum atomic E-state index is -1.21. The molecule has 1 fully saturated rings. The molecule has 144 valence electrons. The summed E-state index contributed by atoms with van der Waals surface area (Å²) in [5.41, 5.74) is 1.30. The number of carboxylic acid groups (broad SMARTS) is 1. The highest BCUT2D eigenvalue weighted by atomic mass is 16.4. The lowest BCUT2D eigenvalue weighted by molar-refractivity contribution is -0.152. The Morgan fingerprint density at radius 1 is 1.26 bits per heavy atom. The Labute approximate surface area is 157 Å². The van der Waals surface area contributed by atoms with E-state index in [0.29, 0.717) is 29.8 Å². The van der Waals surface area contributed by atoms with Crippen LogP contribution in [0, 0.1) is 0 Å². The van der Waals surface area contributed by atoms with Gasteiger partial charge in [0.15, 0.2) is 0 Å². The summed E-state index contributed by atoms with van der Waals surface area (Å²) >= 11 is 0. The van der Waals surface area contributed by atoms with Gasteiger partial charge < -0.3 is 10.0 Å². The van der Waals surface area contributed by atoms with Crippen molar-refractivity contribution >= 4 is 29.5 Å². The first-order chi connectivity index (χ1) is 12.9. The zero-order valence-corrected chi connectivity index (χ0v) is 15.2. The van der Waals surface area contributed by atoms with E-state index in [1.165, 1.54) is 9.80 Å². The number of nitrogens with one attached hydrogen (secondary N) is 1. The number of hydrogen-bond acceptors (Lipinski definition) is 4. The molecule has 1 unspecified atom stereocenters. The second kappa shape index (κ2) is 7.77. The first kappa shape index (κ1) is 18.9. The van der Waals surface area contributed by atoms with Crippen LogP contribution in [0.4, 0.5) is 10.5 Å². The zero-order chi connectivity index (χ0) is 19.6. The zero-order valence-electron chi connectivity index (χ0n) is 15.2. The molecule has 8 heteroatoms. The number of benzene rings is 1. The topological polar surface area (TPSA) is 107 Å². The van der Waals surface area contributed by atoms with E-state index in [1.54, 1.807) is 18.2 Å². The lowest BCUT2D eigenvalue weighted by Crippen LogP contribution is -2.54. The van der Waals surface area contributed by atoms with Crippen LogP contribution in [-0.4, -0.2) is 51.3 Å². The molecule has 0 bridgehead atoms. The predicted octanol–water partition coefficient (Wildman–Crippen LogP) is 2.44. The average Bonchev–Trinajstić information content (AvgIpc) is 2.96. The molecule has 4 amide bonds. The van der Waals surface area contributed by atoms with E-state index < -0.39 is 12.1 Å². The van der Waals surface area contributed by atoms with Gasteiger partial charge in [0.25, 0.3) is 11.8 Å². The summed E-state index contributed by atoms with van der Waals surface area (Å²) in [6.07, 6.45) is 1.97. The number of amides is 4. The average molecular weight is 373 g/mol. The van der Waals surface area contributed by atoms with Crippen LogP contribution in [0.1, 0.15) is 54.9 Å². The molecule has 0 aromatic heterocycles. The Morgan fingerprint density at radius 2 is 2.04 bits per heavy atom. The number of anilines is 1. The number of fused-ring (bicyclic) bond motifs is 1. The third-order valence-corrected chi connectivity index (χ3v) is 5.08. The summed E-state index contributed by atoms with van der Waals surface area (Å²) in [7, 11) is 0. The minimum Gasteiger partial charge on any atom is -0.465 e. The Kier molecular flexibility index (Phi) is 5.43. The molecule has 1 atom stereocenters. The SMILES string of the molecule is CCCCCN1C(=O)CCC(N2Cc3c(NC(=O)O)cccc3C2=O)C1=O. The summed E-state index contributed by atoms with van der Waals surface area (Å²) in [5.74, 6) is -0.832. The quantitative estimate of drug-likeness (QED) is 0.588. The number of unbranched alkanes of at least 4 members (excludes halogenated alkanes) is 2. The van der Waals surface area contributed by atoms with Gasteiger partial charge in [-0.25, -0.2) is 4.79 Å². The Hall–Kier alpha value is -2.90. The van der Waals surface area contributed by atoms with Gasteiger partial charge in [0.1, 0.15) is 6.04 Å². The van der Waals surface area contributed by atoms with E-state index in [0.717, 1.165) is 19.3 Å². The number of piperidine rings is 1. The Morgan fingerprint density at radius 3 is 2.74 bits per heavy atom. The molecule has 1 aromatic carbocycles. The lowest BCUT2D eigenvalue weighted by atomic mass is 10.0. The van der Waals surface area contributed by atoms with E-state index in [9.17, 15) is 19.2 Å². The molecule has 2 aliphatic heterocycles. The van der Waals surface area contributed by atoms with Gasteiger partial charge >= 0.3 is 6.09 Å². The summed E-state index contributed by atoms with van der Waals surface area (Å²) < 4.78 is 0. The molecule has 8 nitrogen and oxygen atoms in total. The van der Waals surface area contributed by atoms with Crippen LogP contribution in [0.2, 0.25) is 0 Å². The molecule has 2 aliphatic rings. The standard InChI is InChI=1S/C19H23N3O5/c1-2-3-4-10-21-16(23)9-8-15(18(21)25)22-11-13-12(17(22)24)6-5-7-14(13)20-19(26)27/h5-7,15,20H,2-4,8-11H2,1H3,(H,26,27). The maximum atomic E-state index is 12.9. The normalized spacial score (nSPS) is 19.4. The number of likely N-dealkylation sites (tertiary alicyclic amines) is 1. The number of imide groups is 1. The molecule has 0 saturated carbocycles. The molecule has 2 N–H and O–H groups in total. The molecular formula is C19H23N3O5. The van der Waals surface area contributed by atoms with Crippen LogP contribution < -0.4 is 5.32 Å². The summed E-state index contributed by atoms with van der Waals surface area (Å²) in [6, 6.07) is 4.13. The van der Waals surface area contributed by atoms with Crippen molar-refractivity contribution in [1.29, 1.82) is 0 Å². The van der Waals surface area contributed by atoms with Gasteiger partial charge in [-0.2, -0.15) is 0 Å². The largest absolute Gasteiger partial charge is 0.465 e. The van der Waals surface area contributed by atoms with E-state index in [-0.39, 0.29) is 30.7 Å². The summed E-state index contributed by atoms with van der Waals surface area (Å²) in [6.45, 7) is 2.58. The molecule has 27 heavy (non-hydrogen) atoms. The Balaban J connectivity index is 1.80. The second-order valence-corrected chi connectivity index (χ2v) is 6.84. The van der Waals surface area contributed by atoms with Crippen LogP contribution in [0.5, 0.6) is 0 Å². The molecule has 2 heterocycles. The molecular weight excluding hydrogens is 350 g/mol. The third kappa shape index (κ3) is 3.65. The van der Waals surface area contributed by atoms with Crippen LogP contribution >= 0.6 is 0 Å². The van der Waals surface area contributed by atoms with Crippen molar-refractivity contribution in [2.45, 2.75) is 51.6 Å². The smallest absolute Gasteiger partial charge is 0.409 e. The maximum absolute atomic E-state index is 12.9. The highest BCUT2D eigenvalue weighted by Crippen LogP contribution is 2.33. The predicted molar refractivity (Wildman–Crippen MR) is 97.2 cm³/mol. The number of hydrogen-bond donors (Lipinski definition) is 2. The van der Waals surface area contributed by atoms with E-state index in [1.807, 2.05) is 6.92 Å². The summed E-state index contributed by atoms with van der Waals surface area (Å²) in [5, 5.41) is 11.3. The van der Waals surface area contributed by atoms with Crippen LogP contribution in [0.25, 0.3) is 0 Å². The minimum absolute atomic E-state index is 0.151. The second-order valence-electron chi connectivity index (χ2n) is 6.84. The number of nitrogens with zero attached hydrogens (tertiary/aromatic N) is 2. The van der Waals surface area contributed by atoms with Gasteiger partial charge in [-0.1, -0.05) is 25.8 Å². The molecule has 1 aromatic rings.